The van der Waals surface area contributed by atoms with Crippen LogP contribution >= 0.6 is 11.6 Å². The van der Waals surface area contributed by atoms with E-state index < -0.39 is 0 Å². The van der Waals surface area contributed by atoms with Crippen molar-refractivity contribution in [1.29, 1.82) is 0 Å². The predicted octanol–water partition coefficient (Wildman–Crippen LogP) is 3.05. The van der Waals surface area contributed by atoms with Gasteiger partial charge in [-0.15, -0.1) is 0 Å². The van der Waals surface area contributed by atoms with E-state index in [0.29, 0.717) is 17.3 Å². The van der Waals surface area contributed by atoms with Gasteiger partial charge in [-0.3, -0.25) is 4.79 Å². The predicted molar refractivity (Wildman–Crippen MR) is 81.0 cm³/mol. The second-order valence-corrected chi connectivity index (χ2v) is 4.77. The molecule has 0 radical (unpaired) electrons. The normalized spacial score (nSPS) is 10.2. The molecule has 0 aliphatic carbocycles. The van der Waals surface area contributed by atoms with E-state index in [4.69, 9.17) is 11.6 Å². The number of carbonyl (C=O) groups is 1. The van der Waals surface area contributed by atoms with Crippen LogP contribution in [0, 0.1) is 0 Å². The second kappa shape index (κ2) is 6.39. The molecule has 20 heavy (non-hydrogen) atoms. The van der Waals surface area contributed by atoms with E-state index in [1.54, 1.807) is 37.3 Å². The lowest BCUT2D eigenvalue weighted by atomic mass is 10.1. The summed E-state index contributed by atoms with van der Waals surface area (Å²) in [5, 5.41) is 3.45. The van der Waals surface area contributed by atoms with Crippen LogP contribution in [0.5, 0.6) is 0 Å². The number of benzene rings is 1. The Kier molecular flexibility index (Phi) is 4.58. The minimum atomic E-state index is -0.0603. The summed E-state index contributed by atoms with van der Waals surface area (Å²) in [6.45, 7) is 0.420. The van der Waals surface area contributed by atoms with Crippen LogP contribution in [0.3, 0.4) is 0 Å². The highest BCUT2D eigenvalue weighted by molar-refractivity contribution is 6.30. The maximum absolute atomic E-state index is 12.5. The number of nitrogens with one attached hydrogen (secondary N) is 1. The zero-order valence-corrected chi connectivity index (χ0v) is 12.2. The number of anilines is 1. The molecule has 2 rings (SSSR count). The van der Waals surface area contributed by atoms with E-state index in [0.717, 1.165) is 11.3 Å². The number of hydrogen-bond acceptors (Lipinski definition) is 3. The van der Waals surface area contributed by atoms with E-state index in [9.17, 15) is 4.79 Å². The molecule has 0 fully saturated rings. The highest BCUT2D eigenvalue weighted by Gasteiger charge is 2.16. The van der Waals surface area contributed by atoms with Gasteiger partial charge in [0.2, 0.25) is 0 Å². The molecule has 1 aromatic heterocycles. The van der Waals surface area contributed by atoms with Gasteiger partial charge in [0.15, 0.2) is 0 Å². The minimum absolute atomic E-state index is 0.0603. The summed E-state index contributed by atoms with van der Waals surface area (Å²) >= 11 is 6.02. The number of para-hydroxylation sites is 1. The molecular weight excluding hydrogens is 274 g/mol. The van der Waals surface area contributed by atoms with Crippen LogP contribution in [-0.4, -0.2) is 29.9 Å². The van der Waals surface area contributed by atoms with Crippen LogP contribution in [0.2, 0.25) is 5.15 Å². The Morgan fingerprint density at radius 2 is 2.05 bits per heavy atom. The molecule has 0 atom stereocenters. The Morgan fingerprint density at radius 3 is 2.75 bits per heavy atom. The molecule has 0 saturated heterocycles. The first kappa shape index (κ1) is 14.3. The van der Waals surface area contributed by atoms with Crippen LogP contribution in [-0.2, 0) is 6.54 Å². The average molecular weight is 290 g/mol. The number of pyridine rings is 1. The Hall–Kier alpha value is -2.07. The highest BCUT2D eigenvalue weighted by atomic mass is 35.5. The van der Waals surface area contributed by atoms with Gasteiger partial charge in [0.05, 0.1) is 5.56 Å². The quantitative estimate of drug-likeness (QED) is 0.880. The van der Waals surface area contributed by atoms with Gasteiger partial charge in [-0.25, -0.2) is 4.98 Å². The van der Waals surface area contributed by atoms with E-state index in [1.807, 2.05) is 24.3 Å². The largest absolute Gasteiger partial charge is 0.387 e. The summed E-state index contributed by atoms with van der Waals surface area (Å²) in [7, 11) is 3.54. The smallest absolute Gasteiger partial charge is 0.255 e. The van der Waals surface area contributed by atoms with Gasteiger partial charge < -0.3 is 10.2 Å². The number of carbonyl (C=O) groups excluding carboxylic acids is 1. The fraction of sp³-hybridized carbons (Fsp3) is 0.200. The van der Waals surface area contributed by atoms with Crippen LogP contribution in [0.15, 0.2) is 42.6 Å². The van der Waals surface area contributed by atoms with Gasteiger partial charge in [-0.05, 0) is 18.2 Å². The molecule has 0 aliphatic rings. The zero-order chi connectivity index (χ0) is 14.5. The highest BCUT2D eigenvalue weighted by Crippen LogP contribution is 2.19. The molecule has 0 bridgehead atoms. The summed E-state index contributed by atoms with van der Waals surface area (Å²) in [4.78, 5) is 18.1. The summed E-state index contributed by atoms with van der Waals surface area (Å²) in [5.74, 6) is -0.0603. The summed E-state index contributed by atoms with van der Waals surface area (Å²) in [5.41, 5.74) is 2.27. The number of amides is 1. The average Bonchev–Trinajstić information content (AvgIpc) is 2.48. The fourth-order valence-corrected chi connectivity index (χ4v) is 2.14. The zero-order valence-electron chi connectivity index (χ0n) is 11.4. The second-order valence-electron chi connectivity index (χ2n) is 4.41. The maximum atomic E-state index is 12.5. The van der Waals surface area contributed by atoms with Crippen LogP contribution in [0.4, 0.5) is 5.69 Å². The molecule has 1 N–H and O–H groups in total. The SMILES string of the molecule is CNc1ccccc1C(=O)N(C)Cc1cccnc1Cl. The van der Waals surface area contributed by atoms with Crippen molar-refractivity contribution in [3.63, 3.8) is 0 Å². The van der Waals surface area contributed by atoms with Crippen molar-refractivity contribution in [1.82, 2.24) is 9.88 Å². The summed E-state index contributed by atoms with van der Waals surface area (Å²) in [6.07, 6.45) is 1.63. The van der Waals surface area contributed by atoms with Gasteiger partial charge in [-0.1, -0.05) is 29.8 Å². The first-order valence-electron chi connectivity index (χ1n) is 6.25. The third-order valence-corrected chi connectivity index (χ3v) is 3.36. The number of nitrogens with zero attached hydrogens (tertiary/aromatic N) is 2. The molecule has 1 amide bonds. The molecular formula is C15H16ClN3O. The third kappa shape index (κ3) is 3.08. The molecule has 104 valence electrons. The Morgan fingerprint density at radius 1 is 1.30 bits per heavy atom. The van der Waals surface area contributed by atoms with Crippen molar-refractivity contribution in [2.75, 3.05) is 19.4 Å². The van der Waals surface area contributed by atoms with E-state index >= 15 is 0 Å². The molecule has 1 heterocycles. The first-order chi connectivity index (χ1) is 9.63. The van der Waals surface area contributed by atoms with Crippen molar-refractivity contribution in [2.45, 2.75) is 6.54 Å². The van der Waals surface area contributed by atoms with Crippen molar-refractivity contribution in [2.24, 2.45) is 0 Å². The summed E-state index contributed by atoms with van der Waals surface area (Å²) < 4.78 is 0. The van der Waals surface area contributed by atoms with Crippen LogP contribution in [0.1, 0.15) is 15.9 Å². The molecule has 0 aliphatic heterocycles. The standard InChI is InChI=1S/C15H16ClN3O/c1-17-13-8-4-3-7-12(13)15(20)19(2)10-11-6-5-9-18-14(11)16/h3-9,17H,10H2,1-2H3. The molecule has 0 unspecified atom stereocenters. The number of rotatable bonds is 4. The third-order valence-electron chi connectivity index (χ3n) is 3.02. The Balaban J connectivity index is 2.19. The molecule has 5 heteroatoms. The first-order valence-corrected chi connectivity index (χ1v) is 6.63. The molecule has 1 aromatic carbocycles. The van der Waals surface area contributed by atoms with Crippen molar-refractivity contribution >= 4 is 23.2 Å². The van der Waals surface area contributed by atoms with Crippen molar-refractivity contribution in [3.8, 4) is 0 Å². The van der Waals surface area contributed by atoms with Gasteiger partial charge in [0.25, 0.3) is 5.91 Å². The van der Waals surface area contributed by atoms with Gasteiger partial charge >= 0.3 is 0 Å². The topological polar surface area (TPSA) is 45.2 Å². The van der Waals surface area contributed by atoms with E-state index in [-0.39, 0.29) is 5.91 Å². The lowest BCUT2D eigenvalue weighted by Gasteiger charge is -2.19. The fourth-order valence-electron chi connectivity index (χ4n) is 1.96. The number of halogens is 1. The van der Waals surface area contributed by atoms with Crippen LogP contribution < -0.4 is 5.32 Å². The number of aromatic nitrogens is 1. The summed E-state index contributed by atoms with van der Waals surface area (Å²) in [6, 6.07) is 11.1. The Labute approximate surface area is 123 Å². The minimum Gasteiger partial charge on any atom is -0.387 e. The molecule has 0 spiro atoms. The monoisotopic (exact) mass is 289 g/mol. The maximum Gasteiger partial charge on any atom is 0.255 e. The lowest BCUT2D eigenvalue weighted by molar-refractivity contribution is 0.0786. The molecule has 0 saturated carbocycles. The Bertz CT molecular complexity index is 616. The van der Waals surface area contributed by atoms with E-state index in [1.165, 1.54) is 0 Å². The molecule has 2 aromatic rings. The lowest BCUT2D eigenvalue weighted by Crippen LogP contribution is -2.27. The van der Waals surface area contributed by atoms with Gasteiger partial charge in [0.1, 0.15) is 5.15 Å². The van der Waals surface area contributed by atoms with Crippen molar-refractivity contribution in [3.05, 3.63) is 58.9 Å². The van der Waals surface area contributed by atoms with Gasteiger partial charge in [-0.2, -0.15) is 0 Å². The van der Waals surface area contributed by atoms with Gasteiger partial charge in [0, 0.05) is 38.1 Å². The molecule has 4 nitrogen and oxygen atoms in total. The van der Waals surface area contributed by atoms with Crippen LogP contribution in [0.25, 0.3) is 0 Å². The number of hydrogen-bond donors (Lipinski definition) is 1. The van der Waals surface area contributed by atoms with Crippen molar-refractivity contribution < 1.29 is 4.79 Å². The van der Waals surface area contributed by atoms with E-state index in [2.05, 4.69) is 10.3 Å².